The van der Waals surface area contributed by atoms with Gasteiger partial charge < -0.3 is 5.32 Å². The van der Waals surface area contributed by atoms with Gasteiger partial charge in [-0.25, -0.2) is 0 Å². The van der Waals surface area contributed by atoms with Crippen molar-refractivity contribution in [3.8, 4) is 0 Å². The predicted octanol–water partition coefficient (Wildman–Crippen LogP) is 0.397. The number of carbonyl (C=O) groups excluding carboxylic acids is 1. The molecular weight excluding hydrogens is 180 g/mol. The van der Waals surface area contributed by atoms with E-state index in [1.807, 2.05) is 13.1 Å². The van der Waals surface area contributed by atoms with Crippen molar-refractivity contribution < 1.29 is 4.79 Å². The van der Waals surface area contributed by atoms with Crippen molar-refractivity contribution in [3.63, 3.8) is 0 Å². The quantitative estimate of drug-likeness (QED) is 0.708. The minimum Gasteiger partial charge on any atom is -0.355 e. The molecule has 2 aromatic heterocycles. The van der Waals surface area contributed by atoms with Gasteiger partial charge in [0.1, 0.15) is 5.82 Å². The first-order valence-electron chi connectivity index (χ1n) is 4.26. The highest BCUT2D eigenvalue weighted by atomic mass is 16.1. The van der Waals surface area contributed by atoms with E-state index in [1.54, 1.807) is 23.6 Å². The van der Waals surface area contributed by atoms with E-state index in [4.69, 9.17) is 0 Å². The van der Waals surface area contributed by atoms with E-state index in [2.05, 4.69) is 15.5 Å². The third-order valence-corrected chi connectivity index (χ3v) is 2.08. The number of nitrogens with one attached hydrogen (secondary N) is 1. The fourth-order valence-electron chi connectivity index (χ4n) is 1.34. The van der Waals surface area contributed by atoms with Crippen LogP contribution in [0.25, 0.3) is 5.65 Å². The van der Waals surface area contributed by atoms with Gasteiger partial charge in [-0.3, -0.25) is 9.20 Å². The monoisotopic (exact) mass is 190 g/mol. The molecule has 0 aromatic carbocycles. The molecule has 1 N–H and O–H groups in total. The number of aryl methyl sites for hydroxylation is 1. The summed E-state index contributed by atoms with van der Waals surface area (Å²) in [5.41, 5.74) is 1.12. The van der Waals surface area contributed by atoms with Crippen LogP contribution in [-0.2, 0) is 0 Å². The first kappa shape index (κ1) is 8.68. The van der Waals surface area contributed by atoms with Gasteiger partial charge in [-0.15, -0.1) is 10.2 Å². The zero-order valence-corrected chi connectivity index (χ0v) is 7.98. The fraction of sp³-hybridized carbons (Fsp3) is 0.222. The van der Waals surface area contributed by atoms with Crippen LogP contribution >= 0.6 is 0 Å². The second-order valence-electron chi connectivity index (χ2n) is 2.94. The van der Waals surface area contributed by atoms with Gasteiger partial charge in [0.2, 0.25) is 0 Å². The van der Waals surface area contributed by atoms with Crippen molar-refractivity contribution in [1.82, 2.24) is 19.9 Å². The Balaban J connectivity index is 2.71. The average Bonchev–Trinajstić information content (AvgIpc) is 2.59. The van der Waals surface area contributed by atoms with Crippen molar-refractivity contribution in [2.45, 2.75) is 6.92 Å². The molecule has 0 atom stereocenters. The molecule has 2 aromatic rings. The van der Waals surface area contributed by atoms with E-state index in [1.165, 1.54) is 0 Å². The zero-order valence-electron chi connectivity index (χ0n) is 7.98. The number of hydrogen-bond acceptors (Lipinski definition) is 3. The van der Waals surface area contributed by atoms with Gasteiger partial charge in [0.05, 0.1) is 5.56 Å². The molecule has 0 fully saturated rings. The molecule has 5 heteroatoms. The largest absolute Gasteiger partial charge is 0.355 e. The maximum atomic E-state index is 11.4. The predicted molar refractivity (Wildman–Crippen MR) is 51.1 cm³/mol. The minimum absolute atomic E-state index is 0.150. The van der Waals surface area contributed by atoms with Crippen LogP contribution in [0.3, 0.4) is 0 Å². The third-order valence-electron chi connectivity index (χ3n) is 2.08. The first-order valence-corrected chi connectivity index (χ1v) is 4.26. The number of carbonyl (C=O) groups is 1. The lowest BCUT2D eigenvalue weighted by molar-refractivity contribution is 0.0964. The van der Waals surface area contributed by atoms with Crippen LogP contribution in [0.4, 0.5) is 0 Å². The lowest BCUT2D eigenvalue weighted by Crippen LogP contribution is -2.18. The number of fused-ring (bicyclic) bond motifs is 1. The number of aromatic nitrogens is 3. The number of amides is 1. The van der Waals surface area contributed by atoms with Gasteiger partial charge in [-0.2, -0.15) is 0 Å². The summed E-state index contributed by atoms with van der Waals surface area (Å²) in [4.78, 5) is 11.4. The Bertz CT molecular complexity index is 489. The minimum atomic E-state index is -0.150. The summed E-state index contributed by atoms with van der Waals surface area (Å²) >= 11 is 0. The van der Waals surface area contributed by atoms with Crippen molar-refractivity contribution in [3.05, 3.63) is 29.7 Å². The van der Waals surface area contributed by atoms with Gasteiger partial charge in [0.15, 0.2) is 5.65 Å². The number of nitrogens with zero attached hydrogens (tertiary/aromatic N) is 3. The molecule has 0 aliphatic rings. The molecule has 0 unspecified atom stereocenters. The molecular formula is C9H10N4O. The Morgan fingerprint density at radius 2 is 2.29 bits per heavy atom. The molecule has 0 aliphatic carbocycles. The van der Waals surface area contributed by atoms with Crippen molar-refractivity contribution >= 4 is 11.6 Å². The first-order chi connectivity index (χ1) is 6.74. The second kappa shape index (κ2) is 3.10. The van der Waals surface area contributed by atoms with Gasteiger partial charge >= 0.3 is 0 Å². The molecule has 2 heterocycles. The number of pyridine rings is 1. The Morgan fingerprint density at radius 1 is 1.50 bits per heavy atom. The van der Waals surface area contributed by atoms with Crippen molar-refractivity contribution in [2.24, 2.45) is 0 Å². The molecule has 0 spiro atoms. The van der Waals surface area contributed by atoms with Crippen LogP contribution in [0.15, 0.2) is 18.3 Å². The Morgan fingerprint density at radius 3 is 3.00 bits per heavy atom. The van der Waals surface area contributed by atoms with E-state index >= 15 is 0 Å². The van der Waals surface area contributed by atoms with Gasteiger partial charge in [0, 0.05) is 13.2 Å². The highest BCUT2D eigenvalue weighted by molar-refractivity contribution is 5.99. The maximum Gasteiger partial charge on any atom is 0.254 e. The van der Waals surface area contributed by atoms with Crippen LogP contribution in [0, 0.1) is 6.92 Å². The zero-order chi connectivity index (χ0) is 10.1. The highest BCUT2D eigenvalue weighted by Gasteiger charge is 2.11. The maximum absolute atomic E-state index is 11.4. The molecule has 1 amide bonds. The average molecular weight is 190 g/mol. The summed E-state index contributed by atoms with van der Waals surface area (Å²) in [6.07, 6.45) is 1.83. The molecule has 5 nitrogen and oxygen atoms in total. The second-order valence-corrected chi connectivity index (χ2v) is 2.94. The van der Waals surface area contributed by atoms with E-state index in [9.17, 15) is 4.79 Å². The van der Waals surface area contributed by atoms with Gasteiger partial charge in [0.25, 0.3) is 5.91 Å². The van der Waals surface area contributed by atoms with E-state index in [-0.39, 0.29) is 5.91 Å². The lowest BCUT2D eigenvalue weighted by Gasteiger charge is -2.00. The third kappa shape index (κ3) is 1.14. The van der Waals surface area contributed by atoms with Crippen LogP contribution < -0.4 is 5.32 Å². The summed E-state index contributed by atoms with van der Waals surface area (Å²) < 4.78 is 1.78. The topological polar surface area (TPSA) is 59.3 Å². The molecule has 2 rings (SSSR count). The van der Waals surface area contributed by atoms with Crippen molar-refractivity contribution in [1.29, 1.82) is 0 Å². The van der Waals surface area contributed by atoms with Crippen LogP contribution in [0.2, 0.25) is 0 Å². The summed E-state index contributed by atoms with van der Waals surface area (Å²) in [5.74, 6) is 0.619. The van der Waals surface area contributed by atoms with E-state index in [0.29, 0.717) is 11.2 Å². The molecule has 0 saturated heterocycles. The Labute approximate surface area is 80.8 Å². The molecule has 0 bridgehead atoms. The van der Waals surface area contributed by atoms with Gasteiger partial charge in [-0.05, 0) is 19.1 Å². The van der Waals surface area contributed by atoms with Crippen LogP contribution in [0.1, 0.15) is 16.2 Å². The summed E-state index contributed by atoms with van der Waals surface area (Å²) in [7, 11) is 1.59. The standard InChI is InChI=1S/C9H10N4O/c1-6-11-12-8-7(9(14)10-2)4-3-5-13(6)8/h3-5H,1-2H3,(H,10,14). The summed E-state index contributed by atoms with van der Waals surface area (Å²) in [6, 6.07) is 3.52. The fourth-order valence-corrected chi connectivity index (χ4v) is 1.34. The van der Waals surface area contributed by atoms with Gasteiger partial charge in [-0.1, -0.05) is 0 Å². The molecule has 0 saturated carbocycles. The number of hydrogen-bond donors (Lipinski definition) is 1. The SMILES string of the molecule is CNC(=O)c1cccn2c(C)nnc12. The van der Waals surface area contributed by atoms with Crippen molar-refractivity contribution in [2.75, 3.05) is 7.05 Å². The smallest absolute Gasteiger partial charge is 0.254 e. The highest BCUT2D eigenvalue weighted by Crippen LogP contribution is 2.09. The van der Waals surface area contributed by atoms with E-state index < -0.39 is 0 Å². The number of rotatable bonds is 1. The molecule has 72 valence electrons. The van der Waals surface area contributed by atoms with E-state index in [0.717, 1.165) is 5.82 Å². The van der Waals surface area contributed by atoms with Crippen LogP contribution in [-0.4, -0.2) is 27.6 Å². The normalized spacial score (nSPS) is 10.4. The Kier molecular flexibility index (Phi) is 1.92. The summed E-state index contributed by atoms with van der Waals surface area (Å²) in [5, 5.41) is 10.4. The lowest BCUT2D eigenvalue weighted by atomic mass is 10.2. The Hall–Kier alpha value is -1.91. The van der Waals surface area contributed by atoms with Crippen LogP contribution in [0.5, 0.6) is 0 Å². The molecule has 14 heavy (non-hydrogen) atoms. The molecule has 0 aliphatic heterocycles. The summed E-state index contributed by atoms with van der Waals surface area (Å²) in [6.45, 7) is 1.84. The molecule has 0 radical (unpaired) electrons.